The molecule has 2 heterocycles. The highest BCUT2D eigenvalue weighted by atomic mass is 32.2. The van der Waals surface area contributed by atoms with E-state index < -0.39 is 0 Å². The number of benzene rings is 2. The fourth-order valence-electron chi connectivity index (χ4n) is 3.20. The molecule has 0 N–H and O–H groups in total. The van der Waals surface area contributed by atoms with Crippen molar-refractivity contribution in [2.75, 3.05) is 0 Å². The van der Waals surface area contributed by atoms with Gasteiger partial charge in [0.25, 0.3) is 0 Å². The van der Waals surface area contributed by atoms with Crippen LogP contribution in [0.25, 0.3) is 16.6 Å². The van der Waals surface area contributed by atoms with Crippen LogP contribution >= 0.6 is 11.8 Å². The zero-order valence-electron chi connectivity index (χ0n) is 14.6. The monoisotopic (exact) mass is 357 g/mol. The molecule has 0 fully saturated rings. The molecule has 2 nitrogen and oxygen atoms in total. The molecule has 26 heavy (non-hydrogen) atoms. The molecule has 2 aromatic heterocycles. The van der Waals surface area contributed by atoms with Crippen molar-refractivity contribution in [2.24, 2.45) is 0 Å². The highest BCUT2D eigenvalue weighted by Crippen LogP contribution is 2.36. The Hall–Kier alpha value is -2.78. The Morgan fingerprint density at radius 1 is 0.923 bits per heavy atom. The van der Waals surface area contributed by atoms with Crippen LogP contribution in [-0.2, 0) is 5.75 Å². The molecule has 0 amide bonds. The molecule has 4 aromatic rings. The number of rotatable bonds is 5. The Bertz CT molecular complexity index is 1070. The average molecular weight is 357 g/mol. The van der Waals surface area contributed by atoms with Gasteiger partial charge in [-0.05, 0) is 42.3 Å². The normalized spacial score (nSPS) is 11.0. The third-order valence-corrected chi connectivity index (χ3v) is 5.64. The number of hydrogen-bond donors (Lipinski definition) is 0. The van der Waals surface area contributed by atoms with Crippen LogP contribution < -0.4 is 0 Å². The van der Waals surface area contributed by atoms with Gasteiger partial charge < -0.3 is 4.40 Å². The lowest BCUT2D eigenvalue weighted by Gasteiger charge is -2.10. The van der Waals surface area contributed by atoms with Crippen molar-refractivity contribution in [3.63, 3.8) is 0 Å². The molecule has 0 aliphatic heterocycles. The van der Waals surface area contributed by atoms with Crippen molar-refractivity contribution in [2.45, 2.75) is 17.6 Å². The molecule has 0 aliphatic carbocycles. The molecule has 0 unspecified atom stereocenters. The van der Waals surface area contributed by atoms with E-state index in [4.69, 9.17) is 0 Å². The number of carbonyl (C=O) groups excluding carboxylic acids is 1. The van der Waals surface area contributed by atoms with Gasteiger partial charge in [-0.25, -0.2) is 0 Å². The van der Waals surface area contributed by atoms with Gasteiger partial charge in [0.05, 0.1) is 5.69 Å². The topological polar surface area (TPSA) is 21.5 Å². The first kappa shape index (κ1) is 16.7. The molecule has 4 rings (SSSR count). The molecule has 0 aliphatic rings. The maximum absolute atomic E-state index is 11.8. The lowest BCUT2D eigenvalue weighted by Crippen LogP contribution is -1.93. The summed E-state index contributed by atoms with van der Waals surface area (Å²) in [6.45, 7) is 2.09. The summed E-state index contributed by atoms with van der Waals surface area (Å²) in [5, 5.41) is 0. The largest absolute Gasteiger partial charge is 0.314 e. The van der Waals surface area contributed by atoms with Crippen LogP contribution in [0.1, 0.15) is 21.6 Å². The Kier molecular flexibility index (Phi) is 4.63. The predicted octanol–water partition coefficient (Wildman–Crippen LogP) is 6.02. The smallest absolute Gasteiger partial charge is 0.167 e. The highest BCUT2D eigenvalue weighted by Gasteiger charge is 2.15. The minimum absolute atomic E-state index is 0.702. The standard InChI is InChI=1S/C23H19NOS/c1-17-10-11-23(26-16-18-7-3-2-4-8-18)21(13-17)20-14-19-9-5-6-12-24(19)22(20)15-25/h2-15H,16H2,1H3. The van der Waals surface area contributed by atoms with Crippen molar-refractivity contribution >= 4 is 23.6 Å². The number of nitrogens with zero attached hydrogens (tertiary/aromatic N) is 1. The molecule has 0 bridgehead atoms. The third-order valence-electron chi connectivity index (χ3n) is 4.49. The van der Waals surface area contributed by atoms with Crippen molar-refractivity contribution in [1.82, 2.24) is 4.40 Å². The van der Waals surface area contributed by atoms with Crippen LogP contribution in [-0.4, -0.2) is 10.7 Å². The summed E-state index contributed by atoms with van der Waals surface area (Å²) in [5.74, 6) is 0.903. The molecule has 3 heteroatoms. The maximum atomic E-state index is 11.8. The fraction of sp³-hybridized carbons (Fsp3) is 0.0870. The number of fused-ring (bicyclic) bond motifs is 1. The fourth-order valence-corrected chi connectivity index (χ4v) is 4.20. The second kappa shape index (κ2) is 7.22. The molecule has 2 aromatic carbocycles. The summed E-state index contributed by atoms with van der Waals surface area (Å²) >= 11 is 1.81. The number of aromatic nitrogens is 1. The van der Waals surface area contributed by atoms with E-state index in [2.05, 4.69) is 55.5 Å². The SMILES string of the molecule is Cc1ccc(SCc2ccccc2)c(-c2cc3ccccn3c2C=O)c1. The lowest BCUT2D eigenvalue weighted by atomic mass is 10.0. The molecule has 128 valence electrons. The van der Waals surface area contributed by atoms with E-state index in [1.807, 2.05) is 46.6 Å². The summed E-state index contributed by atoms with van der Waals surface area (Å²) in [6.07, 6.45) is 2.89. The van der Waals surface area contributed by atoms with Gasteiger partial charge in [-0.3, -0.25) is 4.79 Å². The van der Waals surface area contributed by atoms with Gasteiger partial charge in [0.15, 0.2) is 6.29 Å². The second-order valence-electron chi connectivity index (χ2n) is 6.33. The minimum atomic E-state index is 0.702. The van der Waals surface area contributed by atoms with Crippen molar-refractivity contribution < 1.29 is 4.79 Å². The molecule has 0 saturated heterocycles. The first-order valence-electron chi connectivity index (χ1n) is 8.59. The third kappa shape index (κ3) is 3.18. The van der Waals surface area contributed by atoms with E-state index in [1.165, 1.54) is 16.0 Å². The molecular weight excluding hydrogens is 338 g/mol. The van der Waals surface area contributed by atoms with Gasteiger partial charge in [0.2, 0.25) is 0 Å². The summed E-state index contributed by atoms with van der Waals surface area (Å²) in [4.78, 5) is 13.0. The van der Waals surface area contributed by atoms with Crippen LogP contribution in [0.2, 0.25) is 0 Å². The van der Waals surface area contributed by atoms with Gasteiger partial charge >= 0.3 is 0 Å². The number of pyridine rings is 1. The molecule has 0 atom stereocenters. The van der Waals surface area contributed by atoms with E-state index in [-0.39, 0.29) is 0 Å². The number of aryl methyl sites for hydroxylation is 1. The van der Waals surface area contributed by atoms with E-state index in [1.54, 1.807) is 0 Å². The quantitative estimate of drug-likeness (QED) is 0.322. The van der Waals surface area contributed by atoms with Crippen molar-refractivity contribution in [3.8, 4) is 11.1 Å². The Balaban J connectivity index is 1.79. The van der Waals surface area contributed by atoms with Crippen LogP contribution in [0.5, 0.6) is 0 Å². The predicted molar refractivity (Wildman–Crippen MR) is 109 cm³/mol. The first-order chi connectivity index (χ1) is 12.8. The molecule has 0 radical (unpaired) electrons. The number of thioether (sulfide) groups is 1. The Labute approximate surface area is 157 Å². The molecule has 0 spiro atoms. The van der Waals surface area contributed by atoms with Crippen molar-refractivity contribution in [1.29, 1.82) is 0 Å². The Morgan fingerprint density at radius 2 is 1.73 bits per heavy atom. The van der Waals surface area contributed by atoms with Gasteiger partial charge in [0.1, 0.15) is 0 Å². The van der Waals surface area contributed by atoms with Gasteiger partial charge in [-0.15, -0.1) is 11.8 Å². The van der Waals surface area contributed by atoms with E-state index in [0.717, 1.165) is 28.7 Å². The zero-order valence-corrected chi connectivity index (χ0v) is 15.4. The average Bonchev–Trinajstić information content (AvgIpc) is 3.06. The first-order valence-corrected chi connectivity index (χ1v) is 9.58. The summed E-state index contributed by atoms with van der Waals surface area (Å²) < 4.78 is 1.95. The van der Waals surface area contributed by atoms with Crippen LogP contribution in [0.15, 0.2) is 83.9 Å². The van der Waals surface area contributed by atoms with Crippen molar-refractivity contribution in [3.05, 3.63) is 95.8 Å². The second-order valence-corrected chi connectivity index (χ2v) is 7.35. The van der Waals surface area contributed by atoms with E-state index >= 15 is 0 Å². The number of aldehydes is 1. The summed E-state index contributed by atoms with van der Waals surface area (Å²) in [7, 11) is 0. The van der Waals surface area contributed by atoms with E-state index in [9.17, 15) is 4.79 Å². The van der Waals surface area contributed by atoms with Crippen LogP contribution in [0, 0.1) is 6.92 Å². The Morgan fingerprint density at radius 3 is 2.54 bits per heavy atom. The maximum Gasteiger partial charge on any atom is 0.167 e. The number of hydrogen-bond acceptors (Lipinski definition) is 2. The van der Waals surface area contributed by atoms with Crippen LogP contribution in [0.3, 0.4) is 0 Å². The summed E-state index contributed by atoms with van der Waals surface area (Å²) in [5.41, 5.74) is 6.33. The molecule has 0 saturated carbocycles. The zero-order chi connectivity index (χ0) is 17.9. The highest BCUT2D eigenvalue weighted by molar-refractivity contribution is 7.98. The molecular formula is C23H19NOS. The summed E-state index contributed by atoms with van der Waals surface area (Å²) in [6, 6.07) is 25.0. The lowest BCUT2D eigenvalue weighted by molar-refractivity contribution is 0.111. The van der Waals surface area contributed by atoms with Gasteiger partial charge in [0, 0.05) is 27.9 Å². The van der Waals surface area contributed by atoms with Crippen LogP contribution in [0.4, 0.5) is 0 Å². The van der Waals surface area contributed by atoms with Gasteiger partial charge in [-0.2, -0.15) is 0 Å². The minimum Gasteiger partial charge on any atom is -0.314 e. The number of carbonyl (C=O) groups is 1. The van der Waals surface area contributed by atoms with E-state index in [0.29, 0.717) is 5.69 Å². The van der Waals surface area contributed by atoms with Gasteiger partial charge in [-0.1, -0.05) is 54.1 Å².